The molecular weight excluding hydrogens is 284 g/mol. The summed E-state index contributed by atoms with van der Waals surface area (Å²) in [6.07, 6.45) is 2.63. The van der Waals surface area contributed by atoms with Crippen LogP contribution in [-0.4, -0.2) is 11.1 Å². The Morgan fingerprint density at radius 1 is 1.24 bits per heavy atom. The lowest BCUT2D eigenvalue weighted by Gasteiger charge is -2.05. The predicted molar refractivity (Wildman–Crippen MR) is 68.0 cm³/mol. The van der Waals surface area contributed by atoms with Crippen LogP contribution in [0.5, 0.6) is 5.75 Å². The van der Waals surface area contributed by atoms with Crippen LogP contribution in [0.4, 0.5) is 10.5 Å². The van der Waals surface area contributed by atoms with E-state index in [0.717, 1.165) is 4.47 Å². The van der Waals surface area contributed by atoms with Gasteiger partial charge in [-0.25, -0.2) is 4.79 Å². The average molecular weight is 293 g/mol. The second-order valence-corrected chi connectivity index (χ2v) is 4.13. The Kier molecular flexibility index (Phi) is 3.72. The first-order chi connectivity index (χ1) is 8.24. The first-order valence-corrected chi connectivity index (χ1v) is 5.68. The van der Waals surface area contributed by atoms with Gasteiger partial charge in [-0.05, 0) is 36.4 Å². The first-order valence-electron chi connectivity index (χ1n) is 4.88. The van der Waals surface area contributed by atoms with Crippen molar-refractivity contribution in [3.63, 3.8) is 0 Å². The van der Waals surface area contributed by atoms with Crippen LogP contribution in [0.3, 0.4) is 0 Å². The van der Waals surface area contributed by atoms with Crippen molar-refractivity contribution in [3.8, 4) is 5.75 Å². The number of aromatic nitrogens is 1. The minimum absolute atomic E-state index is 0.481. The standard InChI is InChI=1S/C12H9BrN2O2/c13-9-3-5-11(6-4-9)17-12(16)15-10-2-1-7-14-8-10/h1-8H,(H,15,16). The third-order valence-electron chi connectivity index (χ3n) is 1.93. The van der Waals surface area contributed by atoms with Crippen molar-refractivity contribution in [2.75, 3.05) is 5.32 Å². The summed E-state index contributed by atoms with van der Waals surface area (Å²) in [6, 6.07) is 10.5. The van der Waals surface area contributed by atoms with Crippen LogP contribution < -0.4 is 10.1 Å². The zero-order valence-electron chi connectivity index (χ0n) is 8.76. The van der Waals surface area contributed by atoms with Crippen LogP contribution in [0, 0.1) is 0 Å². The number of ether oxygens (including phenoxy) is 1. The number of carbonyl (C=O) groups excluding carboxylic acids is 1. The lowest BCUT2D eigenvalue weighted by atomic mass is 10.3. The van der Waals surface area contributed by atoms with Gasteiger partial charge in [0.05, 0.1) is 11.9 Å². The number of rotatable bonds is 2. The Labute approximate surface area is 107 Å². The van der Waals surface area contributed by atoms with Crippen LogP contribution >= 0.6 is 15.9 Å². The average Bonchev–Trinajstić information content (AvgIpc) is 2.33. The third kappa shape index (κ3) is 3.57. The molecule has 17 heavy (non-hydrogen) atoms. The summed E-state index contributed by atoms with van der Waals surface area (Å²) >= 11 is 3.30. The van der Waals surface area contributed by atoms with Crippen molar-refractivity contribution in [2.45, 2.75) is 0 Å². The molecule has 0 unspecified atom stereocenters. The van der Waals surface area contributed by atoms with Crippen molar-refractivity contribution >= 4 is 27.7 Å². The van der Waals surface area contributed by atoms with E-state index in [9.17, 15) is 4.79 Å². The molecule has 0 bridgehead atoms. The van der Waals surface area contributed by atoms with E-state index in [2.05, 4.69) is 26.2 Å². The quantitative estimate of drug-likeness (QED) is 0.922. The van der Waals surface area contributed by atoms with E-state index in [1.165, 1.54) is 0 Å². The van der Waals surface area contributed by atoms with Crippen LogP contribution in [0.2, 0.25) is 0 Å². The molecule has 1 heterocycles. The van der Waals surface area contributed by atoms with Gasteiger partial charge in [-0.2, -0.15) is 0 Å². The summed E-state index contributed by atoms with van der Waals surface area (Å²) in [5, 5.41) is 2.57. The molecule has 0 spiro atoms. The number of amides is 1. The van der Waals surface area contributed by atoms with E-state index < -0.39 is 6.09 Å². The molecule has 0 radical (unpaired) electrons. The number of pyridine rings is 1. The van der Waals surface area contributed by atoms with Gasteiger partial charge >= 0.3 is 6.09 Å². The second kappa shape index (κ2) is 5.45. The van der Waals surface area contributed by atoms with Gasteiger partial charge in [0.15, 0.2) is 0 Å². The van der Waals surface area contributed by atoms with E-state index in [1.807, 2.05) is 0 Å². The SMILES string of the molecule is O=C(Nc1cccnc1)Oc1ccc(Br)cc1. The molecule has 1 aromatic heterocycles. The Morgan fingerprint density at radius 2 is 2.00 bits per heavy atom. The predicted octanol–water partition coefficient (Wildman–Crippen LogP) is 3.46. The van der Waals surface area contributed by atoms with E-state index in [-0.39, 0.29) is 0 Å². The van der Waals surface area contributed by atoms with E-state index in [4.69, 9.17) is 4.74 Å². The van der Waals surface area contributed by atoms with E-state index >= 15 is 0 Å². The van der Waals surface area contributed by atoms with Gasteiger partial charge < -0.3 is 4.74 Å². The summed E-state index contributed by atoms with van der Waals surface area (Å²) in [5.74, 6) is 0.481. The minimum Gasteiger partial charge on any atom is -0.410 e. The highest BCUT2D eigenvalue weighted by Gasteiger charge is 2.04. The molecule has 0 saturated carbocycles. The van der Waals surface area contributed by atoms with Gasteiger partial charge in [-0.15, -0.1) is 0 Å². The van der Waals surface area contributed by atoms with Crippen LogP contribution in [-0.2, 0) is 0 Å². The second-order valence-electron chi connectivity index (χ2n) is 3.21. The smallest absolute Gasteiger partial charge is 0.410 e. The summed E-state index contributed by atoms with van der Waals surface area (Å²) < 4.78 is 6.00. The van der Waals surface area contributed by atoms with Gasteiger partial charge in [0.25, 0.3) is 0 Å². The highest BCUT2D eigenvalue weighted by molar-refractivity contribution is 9.10. The molecule has 2 rings (SSSR count). The molecule has 2 aromatic rings. The summed E-state index contributed by atoms with van der Waals surface area (Å²) in [7, 11) is 0. The number of carbonyl (C=O) groups is 1. The maximum Gasteiger partial charge on any atom is 0.417 e. The molecule has 0 aliphatic heterocycles. The summed E-state index contributed by atoms with van der Waals surface area (Å²) in [6.45, 7) is 0. The van der Waals surface area contributed by atoms with Crippen LogP contribution in [0.25, 0.3) is 0 Å². The number of hydrogen-bond donors (Lipinski definition) is 1. The van der Waals surface area contributed by atoms with Gasteiger partial charge in [0.2, 0.25) is 0 Å². The normalized spacial score (nSPS) is 9.71. The molecule has 1 N–H and O–H groups in total. The van der Waals surface area contributed by atoms with Gasteiger partial charge in [-0.1, -0.05) is 15.9 Å². The number of hydrogen-bond acceptors (Lipinski definition) is 3. The Hall–Kier alpha value is -1.88. The van der Waals surface area contributed by atoms with Crippen molar-refractivity contribution in [2.24, 2.45) is 0 Å². The number of nitrogens with one attached hydrogen (secondary N) is 1. The Balaban J connectivity index is 1.96. The lowest BCUT2D eigenvalue weighted by molar-refractivity contribution is 0.215. The number of anilines is 1. The van der Waals surface area contributed by atoms with Crippen LogP contribution in [0.15, 0.2) is 53.3 Å². The Morgan fingerprint density at radius 3 is 2.65 bits per heavy atom. The molecule has 86 valence electrons. The number of halogens is 1. The lowest BCUT2D eigenvalue weighted by Crippen LogP contribution is -2.16. The number of benzene rings is 1. The molecule has 0 fully saturated rings. The fourth-order valence-corrected chi connectivity index (χ4v) is 1.45. The van der Waals surface area contributed by atoms with Gasteiger partial charge in [-0.3, -0.25) is 10.3 Å². The van der Waals surface area contributed by atoms with Gasteiger partial charge in [0.1, 0.15) is 5.75 Å². The van der Waals surface area contributed by atoms with Crippen molar-refractivity contribution < 1.29 is 9.53 Å². The maximum absolute atomic E-state index is 11.5. The fraction of sp³-hybridized carbons (Fsp3) is 0. The van der Waals surface area contributed by atoms with Gasteiger partial charge in [0, 0.05) is 10.7 Å². The molecule has 4 nitrogen and oxygen atoms in total. The van der Waals surface area contributed by atoms with Crippen molar-refractivity contribution in [1.29, 1.82) is 0 Å². The summed E-state index contributed by atoms with van der Waals surface area (Å²) in [4.78, 5) is 15.4. The van der Waals surface area contributed by atoms with E-state index in [0.29, 0.717) is 11.4 Å². The molecule has 1 amide bonds. The first kappa shape index (κ1) is 11.6. The Bertz CT molecular complexity index is 500. The summed E-state index contributed by atoms with van der Waals surface area (Å²) in [5.41, 5.74) is 0.592. The molecular formula is C12H9BrN2O2. The van der Waals surface area contributed by atoms with Crippen molar-refractivity contribution in [3.05, 3.63) is 53.3 Å². The topological polar surface area (TPSA) is 51.2 Å². The zero-order valence-corrected chi connectivity index (χ0v) is 10.3. The molecule has 1 aromatic carbocycles. The highest BCUT2D eigenvalue weighted by atomic mass is 79.9. The molecule has 0 saturated heterocycles. The molecule has 0 aliphatic carbocycles. The van der Waals surface area contributed by atoms with Crippen LogP contribution in [0.1, 0.15) is 0 Å². The zero-order chi connectivity index (χ0) is 12.1. The minimum atomic E-state index is -0.541. The monoisotopic (exact) mass is 292 g/mol. The maximum atomic E-state index is 11.5. The third-order valence-corrected chi connectivity index (χ3v) is 2.46. The largest absolute Gasteiger partial charge is 0.417 e. The molecule has 0 atom stereocenters. The van der Waals surface area contributed by atoms with E-state index in [1.54, 1.807) is 48.8 Å². The number of nitrogens with zero attached hydrogens (tertiary/aromatic N) is 1. The van der Waals surface area contributed by atoms with Crippen molar-refractivity contribution in [1.82, 2.24) is 4.98 Å². The molecule has 5 heteroatoms. The fourth-order valence-electron chi connectivity index (χ4n) is 1.19. The highest BCUT2D eigenvalue weighted by Crippen LogP contribution is 2.16. The molecule has 0 aliphatic rings.